The highest BCUT2D eigenvalue weighted by atomic mass is 32.2. The van der Waals surface area contributed by atoms with Crippen molar-refractivity contribution in [1.29, 1.82) is 0 Å². The van der Waals surface area contributed by atoms with E-state index in [4.69, 9.17) is 5.73 Å². The van der Waals surface area contributed by atoms with Gasteiger partial charge in [-0.15, -0.1) is 0 Å². The number of anilines is 3. The van der Waals surface area contributed by atoms with Crippen LogP contribution in [0.3, 0.4) is 0 Å². The topological polar surface area (TPSA) is 93.5 Å². The summed E-state index contributed by atoms with van der Waals surface area (Å²) in [5.74, 6) is -4.56. The molecule has 2 aliphatic rings. The lowest BCUT2D eigenvalue weighted by Crippen LogP contribution is -2.45. The van der Waals surface area contributed by atoms with Crippen LogP contribution in [0.25, 0.3) is 0 Å². The predicted octanol–water partition coefficient (Wildman–Crippen LogP) is 5.84. The summed E-state index contributed by atoms with van der Waals surface area (Å²) in [5, 5.41) is 5.26. The molecule has 1 saturated carbocycles. The van der Waals surface area contributed by atoms with Gasteiger partial charge in [0, 0.05) is 21.8 Å². The number of esters is 1. The van der Waals surface area contributed by atoms with Crippen molar-refractivity contribution in [2.75, 3.05) is 10.6 Å². The molecule has 4 N–H and O–H groups in total. The highest BCUT2D eigenvalue weighted by Crippen LogP contribution is 2.49. The molecule has 2 aromatic carbocycles. The predicted molar refractivity (Wildman–Crippen MR) is 120 cm³/mol. The molecule has 13 heteroatoms. The minimum atomic E-state index is -5.35. The van der Waals surface area contributed by atoms with Crippen molar-refractivity contribution in [1.82, 2.24) is 0 Å². The Kier molecular flexibility index (Phi) is 7.15. The zero-order valence-electron chi connectivity index (χ0n) is 18.5. The lowest BCUT2D eigenvalue weighted by atomic mass is 9.82. The van der Waals surface area contributed by atoms with Crippen LogP contribution in [-0.2, 0) is 20.5 Å². The van der Waals surface area contributed by atoms with Gasteiger partial charge in [-0.25, -0.2) is 4.79 Å². The number of halogens is 6. The van der Waals surface area contributed by atoms with E-state index in [0.717, 1.165) is 17.8 Å². The van der Waals surface area contributed by atoms with Gasteiger partial charge in [-0.2, -0.15) is 26.3 Å². The maximum absolute atomic E-state index is 13.6. The molecule has 3 atom stereocenters. The lowest BCUT2D eigenvalue weighted by Gasteiger charge is -2.32. The zero-order chi connectivity index (χ0) is 26.3. The third-order valence-corrected chi connectivity index (χ3v) is 7.08. The molecule has 1 fully saturated rings. The van der Waals surface area contributed by atoms with Gasteiger partial charge >= 0.3 is 18.3 Å². The number of nitrogens with one attached hydrogen (secondary N) is 2. The molecule has 1 amide bonds. The smallest absolute Gasteiger partial charge is 0.445 e. The van der Waals surface area contributed by atoms with Gasteiger partial charge in [-0.3, -0.25) is 4.79 Å². The third-order valence-electron chi connectivity index (χ3n) is 5.96. The molecule has 0 saturated heterocycles. The molecule has 1 heterocycles. The average Bonchev–Trinajstić information content (AvgIpc) is 2.79. The van der Waals surface area contributed by atoms with Gasteiger partial charge in [-0.05, 0) is 43.5 Å². The fourth-order valence-electron chi connectivity index (χ4n) is 4.29. The highest BCUT2D eigenvalue weighted by molar-refractivity contribution is 7.99. The number of carbonyl (C=O) groups is 2. The number of benzene rings is 2. The fraction of sp³-hybridized carbons (Fsp3) is 0.391. The maximum atomic E-state index is 13.6. The first kappa shape index (κ1) is 26.1. The first-order valence-corrected chi connectivity index (χ1v) is 11.8. The van der Waals surface area contributed by atoms with E-state index in [9.17, 15) is 35.9 Å². The molecule has 0 aromatic heterocycles. The van der Waals surface area contributed by atoms with Crippen LogP contribution in [-0.4, -0.2) is 30.2 Å². The quantitative estimate of drug-likeness (QED) is 0.288. The Balaban J connectivity index is 1.69. The molecular formula is C23H21F6N3O3S. The number of alkyl halides is 6. The van der Waals surface area contributed by atoms with Crippen molar-refractivity contribution < 1.29 is 40.7 Å². The van der Waals surface area contributed by atoms with Gasteiger partial charge in [0.15, 0.2) is 6.10 Å². The van der Waals surface area contributed by atoms with Crippen LogP contribution in [0.5, 0.6) is 0 Å². The molecule has 1 aliphatic carbocycles. The molecule has 194 valence electrons. The summed E-state index contributed by atoms with van der Waals surface area (Å²) in [6.07, 6.45) is -10.5. The molecule has 2 aromatic rings. The van der Waals surface area contributed by atoms with Gasteiger partial charge in [0.2, 0.25) is 0 Å². The van der Waals surface area contributed by atoms with Gasteiger partial charge in [-0.1, -0.05) is 30.3 Å². The van der Waals surface area contributed by atoms with Gasteiger partial charge < -0.3 is 21.1 Å². The second-order valence-electron chi connectivity index (χ2n) is 8.62. The van der Waals surface area contributed by atoms with E-state index in [2.05, 4.69) is 15.4 Å². The SMILES string of the molecule is NC1CCCC(C(OC(=O)C(F)(F)F)C(=O)Nc2cc(C(F)(F)F)cc3c2Nc2ccccc2S3)C1. The van der Waals surface area contributed by atoms with Crippen LogP contribution in [0, 0.1) is 5.92 Å². The molecule has 0 radical (unpaired) electrons. The van der Waals surface area contributed by atoms with Crippen molar-refractivity contribution >= 4 is 40.7 Å². The summed E-state index contributed by atoms with van der Waals surface area (Å²) in [6.45, 7) is 0. The third kappa shape index (κ3) is 5.72. The van der Waals surface area contributed by atoms with Crippen molar-refractivity contribution in [2.45, 2.75) is 60.0 Å². The Bertz CT molecular complexity index is 1170. The highest BCUT2D eigenvalue weighted by Gasteiger charge is 2.46. The van der Waals surface area contributed by atoms with E-state index in [1.807, 2.05) is 0 Å². The molecule has 6 nitrogen and oxygen atoms in total. The summed E-state index contributed by atoms with van der Waals surface area (Å²) >= 11 is 1.04. The van der Waals surface area contributed by atoms with Crippen LogP contribution in [0.4, 0.5) is 43.4 Å². The van der Waals surface area contributed by atoms with Crippen molar-refractivity contribution in [3.63, 3.8) is 0 Å². The van der Waals surface area contributed by atoms with E-state index in [1.165, 1.54) is 0 Å². The molecule has 1 aliphatic heterocycles. The van der Waals surface area contributed by atoms with Crippen LogP contribution in [0.2, 0.25) is 0 Å². The second kappa shape index (κ2) is 9.85. The van der Waals surface area contributed by atoms with E-state index in [-0.39, 0.29) is 29.1 Å². The second-order valence-corrected chi connectivity index (χ2v) is 9.70. The Morgan fingerprint density at radius 2 is 1.81 bits per heavy atom. The summed E-state index contributed by atoms with van der Waals surface area (Å²) in [6, 6.07) is 7.99. The van der Waals surface area contributed by atoms with E-state index in [1.54, 1.807) is 24.3 Å². The number of carbonyl (C=O) groups excluding carboxylic acids is 2. The Labute approximate surface area is 205 Å². The molecule has 36 heavy (non-hydrogen) atoms. The van der Waals surface area contributed by atoms with Crippen LogP contribution < -0.4 is 16.4 Å². The Hall–Kier alpha value is -2.93. The van der Waals surface area contributed by atoms with Gasteiger partial charge in [0.1, 0.15) is 0 Å². The summed E-state index contributed by atoms with van der Waals surface area (Å²) < 4.78 is 84.2. The zero-order valence-corrected chi connectivity index (χ0v) is 19.3. The number of ether oxygens (including phenoxy) is 1. The monoisotopic (exact) mass is 533 g/mol. The number of amides is 1. The van der Waals surface area contributed by atoms with E-state index in [0.29, 0.717) is 29.5 Å². The van der Waals surface area contributed by atoms with Gasteiger partial charge in [0.05, 0.1) is 22.6 Å². The van der Waals surface area contributed by atoms with Crippen LogP contribution in [0.1, 0.15) is 31.2 Å². The first-order valence-electron chi connectivity index (χ1n) is 11.0. The number of hydrogen-bond acceptors (Lipinski definition) is 6. The number of rotatable bonds is 4. The molecule has 4 rings (SSSR count). The summed E-state index contributed by atoms with van der Waals surface area (Å²) in [4.78, 5) is 25.6. The van der Waals surface area contributed by atoms with Crippen LogP contribution in [0.15, 0.2) is 46.2 Å². The van der Waals surface area contributed by atoms with Crippen LogP contribution >= 0.6 is 11.8 Å². The van der Waals surface area contributed by atoms with E-state index < -0.39 is 47.9 Å². The lowest BCUT2D eigenvalue weighted by molar-refractivity contribution is -0.207. The largest absolute Gasteiger partial charge is 0.490 e. The Morgan fingerprint density at radius 3 is 2.47 bits per heavy atom. The minimum Gasteiger partial charge on any atom is -0.445 e. The van der Waals surface area contributed by atoms with Crippen molar-refractivity contribution in [3.05, 3.63) is 42.0 Å². The Morgan fingerprint density at radius 1 is 1.08 bits per heavy atom. The normalized spacial score (nSPS) is 20.4. The summed E-state index contributed by atoms with van der Waals surface area (Å²) in [5.41, 5.74) is 5.25. The number of para-hydroxylation sites is 1. The van der Waals surface area contributed by atoms with E-state index >= 15 is 0 Å². The number of hydrogen-bond donors (Lipinski definition) is 3. The van der Waals surface area contributed by atoms with Crippen molar-refractivity contribution in [3.8, 4) is 0 Å². The molecule has 3 unspecified atom stereocenters. The summed E-state index contributed by atoms with van der Waals surface area (Å²) in [7, 11) is 0. The number of nitrogens with two attached hydrogens (primary N) is 1. The first-order chi connectivity index (χ1) is 16.8. The standard InChI is InChI=1S/C23H21F6N3O3S/c24-22(25,26)12-9-15(18-17(10-12)36-16-7-2-1-6-14(16)31-18)32-20(33)19(35-21(34)23(27,28)29)11-4-3-5-13(30)8-11/h1-2,6-7,9-11,13,19,31H,3-5,8,30H2,(H,32,33). The average molecular weight is 533 g/mol. The minimum absolute atomic E-state index is 0.116. The molecular weight excluding hydrogens is 512 g/mol. The molecule has 0 bridgehead atoms. The van der Waals surface area contributed by atoms with Gasteiger partial charge in [0.25, 0.3) is 5.91 Å². The maximum Gasteiger partial charge on any atom is 0.490 e. The molecule has 0 spiro atoms. The number of fused-ring (bicyclic) bond motifs is 2. The fourth-order valence-corrected chi connectivity index (χ4v) is 5.35. The van der Waals surface area contributed by atoms with Crippen molar-refractivity contribution in [2.24, 2.45) is 11.7 Å².